The number of hydrogen-bond donors (Lipinski definition) is 3. The molecule has 1 saturated carbocycles. The van der Waals surface area contributed by atoms with Crippen LogP contribution in [0.15, 0.2) is 47.4 Å². The van der Waals surface area contributed by atoms with E-state index in [4.69, 9.17) is 10.5 Å². The van der Waals surface area contributed by atoms with E-state index in [0.29, 0.717) is 35.7 Å². The number of carbonyl (C=O) groups excluding carboxylic acids is 1. The maximum atomic E-state index is 12.6. The van der Waals surface area contributed by atoms with E-state index in [2.05, 4.69) is 10.0 Å². The monoisotopic (exact) mass is 389 g/mol. The van der Waals surface area contributed by atoms with Crippen molar-refractivity contribution in [2.24, 2.45) is 5.73 Å². The summed E-state index contributed by atoms with van der Waals surface area (Å²) in [6.07, 6.45) is 1.70. The van der Waals surface area contributed by atoms with E-state index in [1.165, 1.54) is 12.1 Å². The maximum Gasteiger partial charge on any atom is 0.255 e. The molecule has 0 heterocycles. The van der Waals surface area contributed by atoms with E-state index in [0.717, 1.165) is 12.8 Å². The van der Waals surface area contributed by atoms with Gasteiger partial charge in [0, 0.05) is 23.8 Å². The molecule has 0 atom stereocenters. The summed E-state index contributed by atoms with van der Waals surface area (Å²) in [5, 5.41) is 2.78. The highest BCUT2D eigenvalue weighted by Gasteiger charge is 2.28. The molecule has 0 aliphatic heterocycles. The molecule has 1 aliphatic rings. The zero-order valence-electron chi connectivity index (χ0n) is 15.1. The Morgan fingerprint density at radius 1 is 1.19 bits per heavy atom. The van der Waals surface area contributed by atoms with Crippen LogP contribution in [0.1, 0.15) is 28.8 Å². The van der Waals surface area contributed by atoms with Gasteiger partial charge in [0.05, 0.1) is 4.90 Å². The Balaban J connectivity index is 1.75. The molecule has 0 saturated heterocycles. The molecular weight excluding hydrogens is 366 g/mol. The van der Waals surface area contributed by atoms with Gasteiger partial charge in [-0.25, -0.2) is 13.1 Å². The molecule has 1 fully saturated rings. The number of ether oxygens (including phenoxy) is 1. The minimum Gasteiger partial charge on any atom is -0.492 e. The minimum atomic E-state index is -3.61. The van der Waals surface area contributed by atoms with E-state index in [9.17, 15) is 13.2 Å². The molecule has 0 unspecified atom stereocenters. The van der Waals surface area contributed by atoms with Crippen molar-refractivity contribution in [3.8, 4) is 5.75 Å². The molecular formula is C19H23N3O4S. The van der Waals surface area contributed by atoms with Crippen LogP contribution in [0.25, 0.3) is 0 Å². The van der Waals surface area contributed by atoms with Crippen molar-refractivity contribution in [2.75, 3.05) is 18.5 Å². The predicted molar refractivity (Wildman–Crippen MR) is 103 cm³/mol. The molecule has 2 aromatic rings. The third-order valence-electron chi connectivity index (χ3n) is 4.16. The molecule has 0 aromatic heterocycles. The van der Waals surface area contributed by atoms with Crippen LogP contribution in [0.2, 0.25) is 0 Å². The molecule has 8 heteroatoms. The SMILES string of the molecule is Cc1ccc(S(=O)(=O)NC2CC2)cc1C(=O)Nc1ccc(OCCN)cc1. The largest absolute Gasteiger partial charge is 0.492 e. The number of carbonyl (C=O) groups is 1. The molecule has 3 rings (SSSR count). The van der Waals surface area contributed by atoms with Crippen LogP contribution >= 0.6 is 0 Å². The van der Waals surface area contributed by atoms with Crippen molar-refractivity contribution in [1.82, 2.24) is 4.72 Å². The van der Waals surface area contributed by atoms with Gasteiger partial charge in [-0.2, -0.15) is 0 Å². The average Bonchev–Trinajstić information content (AvgIpc) is 3.44. The van der Waals surface area contributed by atoms with Crippen LogP contribution in [-0.2, 0) is 10.0 Å². The molecule has 0 bridgehead atoms. The van der Waals surface area contributed by atoms with Crippen LogP contribution in [0.5, 0.6) is 5.75 Å². The first-order chi connectivity index (χ1) is 12.9. The lowest BCUT2D eigenvalue weighted by Crippen LogP contribution is -2.26. The van der Waals surface area contributed by atoms with Crippen LogP contribution in [0.4, 0.5) is 5.69 Å². The lowest BCUT2D eigenvalue weighted by Gasteiger charge is -2.11. The standard InChI is InChI=1S/C19H23N3O4S/c1-13-2-9-17(27(24,25)22-15-3-4-15)12-18(13)19(23)21-14-5-7-16(8-6-14)26-11-10-20/h2,5-9,12,15,22H,3-4,10-11,20H2,1H3,(H,21,23). The summed E-state index contributed by atoms with van der Waals surface area (Å²) in [6, 6.07) is 11.5. The van der Waals surface area contributed by atoms with Gasteiger partial charge in [-0.15, -0.1) is 0 Å². The van der Waals surface area contributed by atoms with Crippen LogP contribution in [-0.4, -0.2) is 33.5 Å². The molecule has 144 valence electrons. The van der Waals surface area contributed by atoms with Crippen molar-refractivity contribution in [1.29, 1.82) is 0 Å². The van der Waals surface area contributed by atoms with Crippen molar-refractivity contribution >= 4 is 21.6 Å². The van der Waals surface area contributed by atoms with E-state index in [1.54, 1.807) is 37.3 Å². The maximum absolute atomic E-state index is 12.6. The van der Waals surface area contributed by atoms with E-state index in [-0.39, 0.29) is 16.8 Å². The minimum absolute atomic E-state index is 0.00795. The second kappa shape index (κ2) is 8.08. The first-order valence-corrected chi connectivity index (χ1v) is 10.2. The number of anilines is 1. The number of sulfonamides is 1. The van der Waals surface area contributed by atoms with Gasteiger partial charge in [0.2, 0.25) is 10.0 Å². The van der Waals surface area contributed by atoms with Crippen LogP contribution in [0.3, 0.4) is 0 Å². The third kappa shape index (κ3) is 5.06. The van der Waals surface area contributed by atoms with E-state index in [1.807, 2.05) is 0 Å². The lowest BCUT2D eigenvalue weighted by atomic mass is 10.1. The van der Waals surface area contributed by atoms with Crippen molar-refractivity contribution < 1.29 is 17.9 Å². The van der Waals surface area contributed by atoms with Gasteiger partial charge < -0.3 is 15.8 Å². The van der Waals surface area contributed by atoms with Crippen LogP contribution in [0, 0.1) is 6.92 Å². The number of amides is 1. The quantitative estimate of drug-likeness (QED) is 0.640. The first-order valence-electron chi connectivity index (χ1n) is 8.76. The molecule has 0 radical (unpaired) electrons. The predicted octanol–water partition coefficient (Wildman–Crippen LogP) is 2.03. The van der Waals surface area contributed by atoms with Gasteiger partial charge in [-0.1, -0.05) is 6.07 Å². The number of nitrogens with two attached hydrogens (primary N) is 1. The Morgan fingerprint density at radius 2 is 1.89 bits per heavy atom. The van der Waals surface area contributed by atoms with Crippen molar-refractivity contribution in [3.63, 3.8) is 0 Å². The smallest absolute Gasteiger partial charge is 0.255 e. The molecule has 7 nitrogen and oxygen atoms in total. The van der Waals surface area contributed by atoms with Gasteiger partial charge >= 0.3 is 0 Å². The number of nitrogens with one attached hydrogen (secondary N) is 2. The molecule has 2 aromatic carbocycles. The summed E-state index contributed by atoms with van der Waals surface area (Å²) in [6.45, 7) is 2.61. The zero-order chi connectivity index (χ0) is 19.4. The zero-order valence-corrected chi connectivity index (χ0v) is 15.9. The Morgan fingerprint density at radius 3 is 2.52 bits per heavy atom. The molecule has 27 heavy (non-hydrogen) atoms. The second-order valence-electron chi connectivity index (χ2n) is 6.49. The second-order valence-corrected chi connectivity index (χ2v) is 8.20. The van der Waals surface area contributed by atoms with Gasteiger partial charge in [0.25, 0.3) is 5.91 Å². The van der Waals surface area contributed by atoms with E-state index >= 15 is 0 Å². The highest BCUT2D eigenvalue weighted by Crippen LogP contribution is 2.24. The highest BCUT2D eigenvalue weighted by atomic mass is 32.2. The summed E-state index contributed by atoms with van der Waals surface area (Å²) >= 11 is 0. The summed E-state index contributed by atoms with van der Waals surface area (Å²) in [5.74, 6) is 0.292. The van der Waals surface area contributed by atoms with Crippen molar-refractivity contribution in [2.45, 2.75) is 30.7 Å². The number of hydrogen-bond acceptors (Lipinski definition) is 5. The lowest BCUT2D eigenvalue weighted by molar-refractivity contribution is 0.102. The van der Waals surface area contributed by atoms with E-state index < -0.39 is 10.0 Å². The summed E-state index contributed by atoms with van der Waals surface area (Å²) in [7, 11) is -3.61. The molecule has 0 spiro atoms. The summed E-state index contributed by atoms with van der Waals surface area (Å²) in [4.78, 5) is 12.7. The van der Waals surface area contributed by atoms with Gasteiger partial charge in [-0.05, 0) is 61.7 Å². The first kappa shape index (κ1) is 19.3. The fraction of sp³-hybridized carbons (Fsp3) is 0.316. The summed E-state index contributed by atoms with van der Waals surface area (Å²) in [5.41, 5.74) is 6.99. The Hall–Kier alpha value is -2.42. The fourth-order valence-electron chi connectivity index (χ4n) is 2.51. The Bertz CT molecular complexity index is 922. The fourth-order valence-corrected chi connectivity index (χ4v) is 3.84. The van der Waals surface area contributed by atoms with Gasteiger partial charge in [0.15, 0.2) is 0 Å². The topological polar surface area (TPSA) is 111 Å². The third-order valence-corrected chi connectivity index (χ3v) is 5.68. The average molecular weight is 389 g/mol. The summed E-state index contributed by atoms with van der Waals surface area (Å²) < 4.78 is 32.8. The van der Waals surface area contributed by atoms with Gasteiger partial charge in [-0.3, -0.25) is 4.79 Å². The normalized spacial score (nSPS) is 14.0. The molecule has 1 aliphatic carbocycles. The van der Waals surface area contributed by atoms with Gasteiger partial charge in [0.1, 0.15) is 12.4 Å². The number of aryl methyl sites for hydroxylation is 1. The molecule has 1 amide bonds. The number of benzene rings is 2. The van der Waals surface area contributed by atoms with Crippen molar-refractivity contribution in [3.05, 3.63) is 53.6 Å². The molecule has 4 N–H and O–H groups in total. The van der Waals surface area contributed by atoms with Crippen LogP contribution < -0.4 is 20.5 Å². The Labute approximate surface area is 159 Å². The Kier molecular flexibility index (Phi) is 5.79. The number of rotatable bonds is 8. The highest BCUT2D eigenvalue weighted by molar-refractivity contribution is 7.89.